The average Bonchev–Trinajstić information content (AvgIpc) is 2.69. The minimum Gasteiger partial charge on any atom is -0.363 e. The summed E-state index contributed by atoms with van der Waals surface area (Å²) in [6, 6.07) is 16.9. The van der Waals surface area contributed by atoms with E-state index < -0.39 is 0 Å². The molecule has 0 fully saturated rings. The molecule has 0 radical (unpaired) electrons. The standard InChI is InChI=1S/C22H26N6O/c1-5-16-6-8-18(9-7-16)26-22(29)27-19-12-10-17(11-13-19)25-20-14-21(28(3)4)24-15(2)23-20/h6-14H,5H2,1-4H3,(H,23,24,25)(H2,26,27,29). The number of hydrogen-bond donors (Lipinski definition) is 3. The lowest BCUT2D eigenvalue weighted by Gasteiger charge is -2.14. The molecule has 1 heterocycles. The lowest BCUT2D eigenvalue weighted by molar-refractivity contribution is 0.262. The zero-order valence-corrected chi connectivity index (χ0v) is 17.2. The molecule has 0 saturated heterocycles. The van der Waals surface area contributed by atoms with Gasteiger partial charge in [0, 0.05) is 37.2 Å². The van der Waals surface area contributed by atoms with Crippen LogP contribution in [0.4, 0.5) is 33.5 Å². The van der Waals surface area contributed by atoms with Gasteiger partial charge < -0.3 is 20.9 Å². The first-order valence-electron chi connectivity index (χ1n) is 9.50. The van der Waals surface area contributed by atoms with Crippen LogP contribution in [-0.4, -0.2) is 30.1 Å². The zero-order chi connectivity index (χ0) is 20.8. The highest BCUT2D eigenvalue weighted by molar-refractivity contribution is 5.99. The molecule has 2 amide bonds. The maximum Gasteiger partial charge on any atom is 0.323 e. The van der Waals surface area contributed by atoms with E-state index in [1.54, 1.807) is 0 Å². The van der Waals surface area contributed by atoms with Gasteiger partial charge in [-0.15, -0.1) is 0 Å². The first-order chi connectivity index (χ1) is 13.9. The molecule has 1 aromatic heterocycles. The number of aromatic nitrogens is 2. The number of urea groups is 1. The first kappa shape index (κ1) is 20.1. The van der Waals surface area contributed by atoms with Gasteiger partial charge in [-0.05, 0) is 55.3 Å². The van der Waals surface area contributed by atoms with E-state index in [1.807, 2.05) is 80.5 Å². The van der Waals surface area contributed by atoms with E-state index in [0.29, 0.717) is 11.5 Å². The van der Waals surface area contributed by atoms with E-state index in [-0.39, 0.29) is 6.03 Å². The van der Waals surface area contributed by atoms with Crippen LogP contribution in [0.5, 0.6) is 0 Å². The third kappa shape index (κ3) is 5.68. The number of nitrogens with one attached hydrogen (secondary N) is 3. The summed E-state index contributed by atoms with van der Waals surface area (Å²) in [5, 5.41) is 8.93. The lowest BCUT2D eigenvalue weighted by Crippen LogP contribution is -2.19. The summed E-state index contributed by atoms with van der Waals surface area (Å²) >= 11 is 0. The zero-order valence-electron chi connectivity index (χ0n) is 17.2. The molecule has 0 aliphatic rings. The normalized spacial score (nSPS) is 10.3. The Labute approximate surface area is 171 Å². The molecular formula is C22H26N6O. The second kappa shape index (κ2) is 9.05. The largest absolute Gasteiger partial charge is 0.363 e. The smallest absolute Gasteiger partial charge is 0.323 e. The van der Waals surface area contributed by atoms with Gasteiger partial charge in [0.25, 0.3) is 0 Å². The molecule has 0 bridgehead atoms. The van der Waals surface area contributed by atoms with Crippen molar-refractivity contribution in [1.82, 2.24) is 9.97 Å². The van der Waals surface area contributed by atoms with Crippen LogP contribution in [0.1, 0.15) is 18.3 Å². The number of amides is 2. The molecule has 7 nitrogen and oxygen atoms in total. The minimum atomic E-state index is -0.281. The van der Waals surface area contributed by atoms with E-state index in [9.17, 15) is 4.79 Å². The van der Waals surface area contributed by atoms with Crippen molar-refractivity contribution >= 4 is 34.7 Å². The van der Waals surface area contributed by atoms with Crippen LogP contribution >= 0.6 is 0 Å². The van der Waals surface area contributed by atoms with Gasteiger partial charge in [0.15, 0.2) is 0 Å². The molecule has 150 valence electrons. The fourth-order valence-corrected chi connectivity index (χ4v) is 2.75. The van der Waals surface area contributed by atoms with Crippen LogP contribution in [0.25, 0.3) is 0 Å². The van der Waals surface area contributed by atoms with Crippen molar-refractivity contribution in [3.8, 4) is 0 Å². The average molecular weight is 390 g/mol. The third-order valence-corrected chi connectivity index (χ3v) is 4.32. The summed E-state index contributed by atoms with van der Waals surface area (Å²) in [5.74, 6) is 2.25. The Kier molecular flexibility index (Phi) is 6.29. The monoisotopic (exact) mass is 390 g/mol. The summed E-state index contributed by atoms with van der Waals surface area (Å²) in [7, 11) is 3.88. The van der Waals surface area contributed by atoms with Gasteiger partial charge in [-0.3, -0.25) is 0 Å². The van der Waals surface area contributed by atoms with Crippen LogP contribution in [-0.2, 0) is 6.42 Å². The lowest BCUT2D eigenvalue weighted by atomic mass is 10.1. The molecule has 3 rings (SSSR count). The van der Waals surface area contributed by atoms with Gasteiger partial charge in [0.2, 0.25) is 0 Å². The Morgan fingerprint density at radius 2 is 1.45 bits per heavy atom. The molecule has 0 unspecified atom stereocenters. The van der Waals surface area contributed by atoms with Crippen LogP contribution in [0.2, 0.25) is 0 Å². The van der Waals surface area contributed by atoms with Gasteiger partial charge in [-0.1, -0.05) is 19.1 Å². The van der Waals surface area contributed by atoms with Crippen molar-refractivity contribution in [3.05, 3.63) is 66.0 Å². The summed E-state index contributed by atoms with van der Waals surface area (Å²) in [6.07, 6.45) is 0.970. The van der Waals surface area contributed by atoms with Crippen LogP contribution in [0.3, 0.4) is 0 Å². The maximum atomic E-state index is 12.2. The topological polar surface area (TPSA) is 82.2 Å². The van der Waals surface area contributed by atoms with E-state index >= 15 is 0 Å². The SMILES string of the molecule is CCc1ccc(NC(=O)Nc2ccc(Nc3cc(N(C)C)nc(C)n3)cc2)cc1. The van der Waals surface area contributed by atoms with Gasteiger partial charge >= 0.3 is 6.03 Å². The third-order valence-electron chi connectivity index (χ3n) is 4.32. The van der Waals surface area contributed by atoms with Crippen molar-refractivity contribution in [3.63, 3.8) is 0 Å². The summed E-state index contributed by atoms with van der Waals surface area (Å²) in [4.78, 5) is 22.9. The predicted octanol–water partition coefficient (Wildman–Crippen LogP) is 4.80. The van der Waals surface area contributed by atoms with E-state index in [4.69, 9.17) is 0 Å². The Balaban J connectivity index is 1.60. The first-order valence-corrected chi connectivity index (χ1v) is 9.50. The Morgan fingerprint density at radius 3 is 2.00 bits per heavy atom. The summed E-state index contributed by atoms with van der Waals surface area (Å²) < 4.78 is 0. The number of rotatable bonds is 6. The molecule has 0 spiro atoms. The minimum absolute atomic E-state index is 0.281. The van der Waals surface area contributed by atoms with Crippen molar-refractivity contribution < 1.29 is 4.79 Å². The van der Waals surface area contributed by atoms with E-state index in [0.717, 1.165) is 29.4 Å². The van der Waals surface area contributed by atoms with Gasteiger partial charge in [-0.2, -0.15) is 0 Å². The molecular weight excluding hydrogens is 364 g/mol. The Bertz CT molecular complexity index is 968. The van der Waals surface area contributed by atoms with Crippen LogP contribution in [0.15, 0.2) is 54.6 Å². The number of benzene rings is 2. The second-order valence-corrected chi connectivity index (χ2v) is 6.88. The van der Waals surface area contributed by atoms with E-state index in [2.05, 4.69) is 32.8 Å². The molecule has 0 aliphatic heterocycles. The van der Waals surface area contributed by atoms with Gasteiger partial charge in [0.05, 0.1) is 0 Å². The number of hydrogen-bond acceptors (Lipinski definition) is 5. The molecule has 3 N–H and O–H groups in total. The van der Waals surface area contributed by atoms with Crippen molar-refractivity contribution in [1.29, 1.82) is 0 Å². The number of nitrogens with zero attached hydrogens (tertiary/aromatic N) is 3. The molecule has 0 aliphatic carbocycles. The van der Waals surface area contributed by atoms with Crippen molar-refractivity contribution in [2.75, 3.05) is 34.9 Å². The number of carbonyl (C=O) groups is 1. The summed E-state index contributed by atoms with van der Waals surface area (Å²) in [5.41, 5.74) is 3.56. The van der Waals surface area contributed by atoms with Crippen molar-refractivity contribution in [2.24, 2.45) is 0 Å². The van der Waals surface area contributed by atoms with Gasteiger partial charge in [-0.25, -0.2) is 14.8 Å². The predicted molar refractivity (Wildman–Crippen MR) is 119 cm³/mol. The fourth-order valence-electron chi connectivity index (χ4n) is 2.75. The molecule has 29 heavy (non-hydrogen) atoms. The van der Waals surface area contributed by atoms with Crippen molar-refractivity contribution in [2.45, 2.75) is 20.3 Å². The van der Waals surface area contributed by atoms with Crippen LogP contribution < -0.4 is 20.9 Å². The number of aryl methyl sites for hydroxylation is 2. The molecule has 0 saturated carbocycles. The molecule has 3 aromatic rings. The van der Waals surface area contributed by atoms with Gasteiger partial charge in [0.1, 0.15) is 17.5 Å². The fraction of sp³-hybridized carbons (Fsp3) is 0.227. The molecule has 2 aromatic carbocycles. The molecule has 0 atom stereocenters. The van der Waals surface area contributed by atoms with E-state index in [1.165, 1.54) is 5.56 Å². The second-order valence-electron chi connectivity index (χ2n) is 6.88. The molecule has 7 heteroatoms. The highest BCUT2D eigenvalue weighted by atomic mass is 16.2. The summed E-state index contributed by atoms with van der Waals surface area (Å²) in [6.45, 7) is 3.96. The number of anilines is 5. The Hall–Kier alpha value is -3.61. The Morgan fingerprint density at radius 1 is 0.897 bits per heavy atom. The number of carbonyl (C=O) groups excluding carboxylic acids is 1. The highest BCUT2D eigenvalue weighted by Gasteiger charge is 2.06. The maximum absolute atomic E-state index is 12.2. The highest BCUT2D eigenvalue weighted by Crippen LogP contribution is 2.20. The van der Waals surface area contributed by atoms with Crippen LogP contribution in [0, 0.1) is 6.92 Å². The quantitative estimate of drug-likeness (QED) is 0.563.